The minimum Gasteiger partial charge on any atom is -0.322 e. The fraction of sp³-hybridized carbons (Fsp3) is 0.429. The van der Waals surface area contributed by atoms with Crippen molar-refractivity contribution in [2.45, 2.75) is 31.7 Å². The van der Waals surface area contributed by atoms with E-state index in [2.05, 4.69) is 22.0 Å². The molecular weight excluding hydrogens is 328 g/mol. The van der Waals surface area contributed by atoms with Gasteiger partial charge in [-0.05, 0) is 47.0 Å². The maximum absolute atomic E-state index is 12.5. The van der Waals surface area contributed by atoms with E-state index in [0.29, 0.717) is 15.1 Å². The zero-order valence-corrected chi connectivity index (χ0v) is 12.7. The molecule has 1 fully saturated rings. The summed E-state index contributed by atoms with van der Waals surface area (Å²) < 4.78 is 0.698. The highest BCUT2D eigenvalue weighted by atomic mass is 79.9. The third-order valence-corrected chi connectivity index (χ3v) is 4.65. The topological polar surface area (TPSA) is 44.1 Å². The molecule has 0 unspecified atom stereocenters. The van der Waals surface area contributed by atoms with Gasteiger partial charge in [-0.3, -0.25) is 4.79 Å². The van der Waals surface area contributed by atoms with Gasteiger partial charge in [0.25, 0.3) is 5.91 Å². The van der Waals surface area contributed by atoms with E-state index >= 15 is 0 Å². The van der Waals surface area contributed by atoms with Crippen LogP contribution in [0, 0.1) is 11.3 Å². The van der Waals surface area contributed by atoms with E-state index in [1.54, 1.807) is 23.1 Å². The highest BCUT2D eigenvalue weighted by molar-refractivity contribution is 9.10. The van der Waals surface area contributed by atoms with Crippen molar-refractivity contribution in [3.05, 3.63) is 33.3 Å². The molecule has 1 amide bonds. The molecule has 1 aliphatic rings. The molecule has 0 heterocycles. The second kappa shape index (κ2) is 6.40. The Balaban J connectivity index is 2.23. The lowest BCUT2D eigenvalue weighted by Crippen LogP contribution is -2.39. The Morgan fingerprint density at radius 3 is 2.74 bits per heavy atom. The summed E-state index contributed by atoms with van der Waals surface area (Å²) in [4.78, 5) is 14.2. The van der Waals surface area contributed by atoms with E-state index in [1.807, 2.05) is 0 Å². The molecule has 1 aliphatic carbocycles. The lowest BCUT2D eigenvalue weighted by molar-refractivity contribution is 0.0709. The molecule has 0 atom stereocenters. The zero-order chi connectivity index (χ0) is 13.8. The molecule has 0 bridgehead atoms. The SMILES string of the molecule is N#CCN(C(=O)c1ccc(Cl)c(Br)c1)C1CCCC1. The average molecular weight is 342 g/mol. The molecular formula is C14H14BrClN2O. The molecule has 0 aromatic heterocycles. The quantitative estimate of drug-likeness (QED) is 0.780. The maximum Gasteiger partial charge on any atom is 0.254 e. The summed E-state index contributed by atoms with van der Waals surface area (Å²) in [6.07, 6.45) is 4.23. The predicted molar refractivity (Wildman–Crippen MR) is 78.1 cm³/mol. The van der Waals surface area contributed by atoms with E-state index in [9.17, 15) is 4.79 Å². The van der Waals surface area contributed by atoms with Gasteiger partial charge in [0.1, 0.15) is 6.54 Å². The highest BCUT2D eigenvalue weighted by Gasteiger charge is 2.27. The Morgan fingerprint density at radius 2 is 2.16 bits per heavy atom. The number of hydrogen-bond acceptors (Lipinski definition) is 2. The molecule has 1 aromatic carbocycles. The Hall–Kier alpha value is -1.05. The summed E-state index contributed by atoms with van der Waals surface area (Å²) in [5.41, 5.74) is 0.568. The second-order valence-electron chi connectivity index (χ2n) is 4.66. The van der Waals surface area contributed by atoms with Crippen molar-refractivity contribution >= 4 is 33.4 Å². The molecule has 5 heteroatoms. The van der Waals surface area contributed by atoms with Gasteiger partial charge in [-0.15, -0.1) is 0 Å². The number of rotatable bonds is 3. The Bertz CT molecular complexity index is 521. The first kappa shape index (κ1) is 14.4. The summed E-state index contributed by atoms with van der Waals surface area (Å²) in [6, 6.07) is 7.39. The minimum atomic E-state index is -0.0918. The molecule has 0 saturated heterocycles. The molecule has 3 nitrogen and oxygen atoms in total. The van der Waals surface area contributed by atoms with Crippen LogP contribution in [0.2, 0.25) is 5.02 Å². The van der Waals surface area contributed by atoms with Crippen LogP contribution >= 0.6 is 27.5 Å². The van der Waals surface area contributed by atoms with Crippen molar-refractivity contribution in [3.63, 3.8) is 0 Å². The summed E-state index contributed by atoms with van der Waals surface area (Å²) in [7, 11) is 0. The van der Waals surface area contributed by atoms with Crippen LogP contribution in [0.1, 0.15) is 36.0 Å². The molecule has 19 heavy (non-hydrogen) atoms. The fourth-order valence-electron chi connectivity index (χ4n) is 2.45. The summed E-state index contributed by atoms with van der Waals surface area (Å²) in [5, 5.41) is 9.49. The van der Waals surface area contributed by atoms with E-state index in [1.165, 1.54) is 0 Å². The molecule has 1 aromatic rings. The Kier molecular flexibility index (Phi) is 4.84. The van der Waals surface area contributed by atoms with Crippen molar-refractivity contribution < 1.29 is 4.79 Å². The predicted octanol–water partition coefficient (Wildman–Crippen LogP) is 4.01. The smallest absolute Gasteiger partial charge is 0.254 e. The zero-order valence-electron chi connectivity index (χ0n) is 10.4. The molecule has 1 saturated carbocycles. The van der Waals surface area contributed by atoms with Crippen LogP contribution in [0.25, 0.3) is 0 Å². The number of halogens is 2. The number of nitrogens with zero attached hydrogens (tertiary/aromatic N) is 2. The fourth-order valence-corrected chi connectivity index (χ4v) is 2.95. The standard InChI is InChI=1S/C14H14BrClN2O/c15-12-9-10(5-6-13(12)16)14(19)18(8-7-17)11-3-1-2-4-11/h5-6,9,11H,1-4,8H2. The first-order valence-electron chi connectivity index (χ1n) is 6.26. The molecule has 100 valence electrons. The highest BCUT2D eigenvalue weighted by Crippen LogP contribution is 2.27. The molecule has 0 aliphatic heterocycles. The van der Waals surface area contributed by atoms with Gasteiger partial charge >= 0.3 is 0 Å². The molecule has 0 spiro atoms. The summed E-state index contributed by atoms with van der Waals surface area (Å²) in [5.74, 6) is -0.0918. The van der Waals surface area contributed by atoms with Gasteiger partial charge in [0.05, 0.1) is 11.1 Å². The number of hydrogen-bond donors (Lipinski definition) is 0. The third-order valence-electron chi connectivity index (χ3n) is 3.43. The minimum absolute atomic E-state index is 0.0918. The lowest BCUT2D eigenvalue weighted by Gasteiger charge is -2.26. The van der Waals surface area contributed by atoms with Crippen LogP contribution in [0.4, 0.5) is 0 Å². The number of carbonyl (C=O) groups excluding carboxylic acids is 1. The van der Waals surface area contributed by atoms with Gasteiger partial charge < -0.3 is 4.90 Å². The van der Waals surface area contributed by atoms with Gasteiger partial charge in [-0.1, -0.05) is 24.4 Å². The Morgan fingerprint density at radius 1 is 1.47 bits per heavy atom. The van der Waals surface area contributed by atoms with Gasteiger partial charge in [-0.25, -0.2) is 0 Å². The normalized spacial score (nSPS) is 15.2. The maximum atomic E-state index is 12.5. The van der Waals surface area contributed by atoms with Crippen molar-refractivity contribution in [3.8, 4) is 6.07 Å². The monoisotopic (exact) mass is 340 g/mol. The van der Waals surface area contributed by atoms with E-state index in [4.69, 9.17) is 16.9 Å². The van der Waals surface area contributed by atoms with Crippen LogP contribution in [-0.2, 0) is 0 Å². The van der Waals surface area contributed by atoms with Gasteiger partial charge in [0, 0.05) is 16.1 Å². The summed E-state index contributed by atoms with van der Waals surface area (Å²) >= 11 is 9.25. The third kappa shape index (κ3) is 3.29. The van der Waals surface area contributed by atoms with Crippen LogP contribution in [0.5, 0.6) is 0 Å². The lowest BCUT2D eigenvalue weighted by atomic mass is 10.1. The van der Waals surface area contributed by atoms with Gasteiger partial charge in [0.15, 0.2) is 0 Å². The largest absolute Gasteiger partial charge is 0.322 e. The summed E-state index contributed by atoms with van der Waals surface area (Å²) in [6.45, 7) is 0.143. The van der Waals surface area contributed by atoms with Crippen LogP contribution in [-0.4, -0.2) is 23.4 Å². The van der Waals surface area contributed by atoms with Crippen molar-refractivity contribution in [2.24, 2.45) is 0 Å². The first-order chi connectivity index (χ1) is 9.13. The molecule has 0 N–H and O–H groups in total. The van der Waals surface area contributed by atoms with Crippen LogP contribution < -0.4 is 0 Å². The second-order valence-corrected chi connectivity index (χ2v) is 5.92. The van der Waals surface area contributed by atoms with E-state index in [0.717, 1.165) is 25.7 Å². The van der Waals surface area contributed by atoms with E-state index in [-0.39, 0.29) is 18.5 Å². The number of nitriles is 1. The number of benzene rings is 1. The van der Waals surface area contributed by atoms with Gasteiger partial charge in [0.2, 0.25) is 0 Å². The number of amides is 1. The first-order valence-corrected chi connectivity index (χ1v) is 7.43. The molecule has 0 radical (unpaired) electrons. The molecule has 2 rings (SSSR count). The van der Waals surface area contributed by atoms with Crippen molar-refractivity contribution in [2.75, 3.05) is 6.54 Å². The van der Waals surface area contributed by atoms with Crippen LogP contribution in [0.3, 0.4) is 0 Å². The van der Waals surface area contributed by atoms with Gasteiger partial charge in [-0.2, -0.15) is 5.26 Å². The van der Waals surface area contributed by atoms with E-state index < -0.39 is 0 Å². The number of carbonyl (C=O) groups is 1. The van der Waals surface area contributed by atoms with Crippen molar-refractivity contribution in [1.82, 2.24) is 4.90 Å². The van der Waals surface area contributed by atoms with Crippen LogP contribution in [0.15, 0.2) is 22.7 Å². The Labute approximate surface area is 126 Å². The average Bonchev–Trinajstić information content (AvgIpc) is 2.92. The van der Waals surface area contributed by atoms with Crippen molar-refractivity contribution in [1.29, 1.82) is 5.26 Å².